The SMILES string of the molecule is CC(C)c1c(C(=O)Nc2ccccc2)c(-c2ccccc2)c(-c2ccc(Cl)cc2)n1CC[C@@H](O)C[C@@H](O)CC(=O)O. The number of hydrogen-bond acceptors (Lipinski definition) is 4. The second-order valence-electron chi connectivity index (χ2n) is 10.4. The first-order valence-corrected chi connectivity index (χ1v) is 14.1. The number of amides is 1. The van der Waals surface area contributed by atoms with Crippen molar-refractivity contribution in [2.45, 2.75) is 57.8 Å². The number of anilines is 1. The summed E-state index contributed by atoms with van der Waals surface area (Å²) in [6, 6.07) is 26.5. The van der Waals surface area contributed by atoms with E-state index < -0.39 is 24.6 Å². The molecule has 0 aliphatic rings. The number of carboxylic acid groups (broad SMARTS) is 1. The molecule has 0 saturated heterocycles. The summed E-state index contributed by atoms with van der Waals surface area (Å²) < 4.78 is 2.07. The minimum atomic E-state index is -1.15. The van der Waals surface area contributed by atoms with Gasteiger partial charge in [-0.2, -0.15) is 0 Å². The van der Waals surface area contributed by atoms with Gasteiger partial charge in [-0.3, -0.25) is 9.59 Å². The quantitative estimate of drug-likeness (QED) is 0.148. The Morgan fingerprint density at radius 3 is 2.05 bits per heavy atom. The molecule has 4 aromatic rings. The molecule has 4 rings (SSSR count). The van der Waals surface area contributed by atoms with Gasteiger partial charge in [0.1, 0.15) is 0 Å². The Morgan fingerprint density at radius 2 is 1.46 bits per heavy atom. The molecule has 214 valence electrons. The van der Waals surface area contributed by atoms with E-state index >= 15 is 0 Å². The zero-order valence-corrected chi connectivity index (χ0v) is 23.9. The van der Waals surface area contributed by atoms with E-state index in [1.165, 1.54) is 0 Å². The summed E-state index contributed by atoms with van der Waals surface area (Å²) in [6.45, 7) is 4.39. The Hall–Kier alpha value is -3.91. The smallest absolute Gasteiger partial charge is 0.305 e. The summed E-state index contributed by atoms with van der Waals surface area (Å²) in [5, 5.41) is 33.5. The molecule has 0 fully saturated rings. The molecule has 3 aromatic carbocycles. The second-order valence-corrected chi connectivity index (χ2v) is 10.8. The maximum Gasteiger partial charge on any atom is 0.305 e. The van der Waals surface area contributed by atoms with Gasteiger partial charge in [0.15, 0.2) is 0 Å². The lowest BCUT2D eigenvalue weighted by Gasteiger charge is -2.20. The minimum absolute atomic E-state index is 0.0618. The van der Waals surface area contributed by atoms with E-state index in [0.717, 1.165) is 28.1 Å². The fourth-order valence-electron chi connectivity index (χ4n) is 5.20. The predicted octanol–water partition coefficient (Wildman–Crippen LogP) is 6.83. The van der Waals surface area contributed by atoms with Crippen LogP contribution < -0.4 is 5.32 Å². The number of aliphatic carboxylic acids is 1. The number of benzene rings is 3. The Balaban J connectivity index is 1.89. The molecule has 2 atom stereocenters. The number of hydrogen-bond donors (Lipinski definition) is 4. The van der Waals surface area contributed by atoms with Crippen molar-refractivity contribution in [3.05, 3.63) is 101 Å². The first kappa shape index (κ1) is 30.1. The van der Waals surface area contributed by atoms with Crippen LogP contribution in [0.2, 0.25) is 5.02 Å². The average molecular weight is 575 g/mol. The molecule has 0 bridgehead atoms. The van der Waals surface area contributed by atoms with E-state index in [2.05, 4.69) is 9.88 Å². The maximum atomic E-state index is 14.1. The van der Waals surface area contributed by atoms with Crippen LogP contribution >= 0.6 is 11.6 Å². The summed E-state index contributed by atoms with van der Waals surface area (Å²) in [5.74, 6) is -1.43. The van der Waals surface area contributed by atoms with Gasteiger partial charge in [0.25, 0.3) is 5.91 Å². The van der Waals surface area contributed by atoms with Crippen molar-refractivity contribution >= 4 is 29.2 Å². The standard InChI is InChI=1S/C33H35ClN2O5/c1-21(2)31-30(33(41)35-25-11-7-4-8-12-25)29(22-9-5-3-6-10-22)32(23-13-15-24(34)16-14-23)36(31)18-17-26(37)19-27(38)20-28(39)40/h3-16,21,26-27,37-38H,17-20H2,1-2H3,(H,35,41)(H,39,40)/t26-,27-/m1/s1. The van der Waals surface area contributed by atoms with Crippen LogP contribution in [0.4, 0.5) is 5.69 Å². The first-order chi connectivity index (χ1) is 19.7. The summed E-state index contributed by atoms with van der Waals surface area (Å²) in [7, 11) is 0. The van der Waals surface area contributed by atoms with Gasteiger partial charge < -0.3 is 25.2 Å². The number of carbonyl (C=O) groups is 2. The van der Waals surface area contributed by atoms with E-state index in [4.69, 9.17) is 16.7 Å². The number of nitrogens with zero attached hydrogens (tertiary/aromatic N) is 1. The zero-order chi connectivity index (χ0) is 29.5. The van der Waals surface area contributed by atoms with Crippen LogP contribution in [0.5, 0.6) is 0 Å². The van der Waals surface area contributed by atoms with Crippen molar-refractivity contribution in [1.82, 2.24) is 4.57 Å². The van der Waals surface area contributed by atoms with Crippen LogP contribution in [-0.2, 0) is 11.3 Å². The zero-order valence-electron chi connectivity index (χ0n) is 23.1. The number of halogens is 1. The van der Waals surface area contributed by atoms with Gasteiger partial charge in [0.2, 0.25) is 0 Å². The van der Waals surface area contributed by atoms with Crippen molar-refractivity contribution in [3.63, 3.8) is 0 Å². The van der Waals surface area contributed by atoms with Crippen molar-refractivity contribution in [1.29, 1.82) is 0 Å². The van der Waals surface area contributed by atoms with Crippen LogP contribution in [0.3, 0.4) is 0 Å². The highest BCUT2D eigenvalue weighted by atomic mass is 35.5. The normalized spacial score (nSPS) is 12.7. The van der Waals surface area contributed by atoms with E-state index in [-0.39, 0.29) is 24.7 Å². The number of aromatic nitrogens is 1. The molecule has 8 heteroatoms. The third-order valence-corrected chi connectivity index (χ3v) is 7.18. The predicted molar refractivity (Wildman–Crippen MR) is 162 cm³/mol. The lowest BCUT2D eigenvalue weighted by Crippen LogP contribution is -2.22. The van der Waals surface area contributed by atoms with Crippen LogP contribution in [0.25, 0.3) is 22.4 Å². The molecular weight excluding hydrogens is 540 g/mol. The highest BCUT2D eigenvalue weighted by Gasteiger charge is 2.31. The van der Waals surface area contributed by atoms with E-state index in [0.29, 0.717) is 22.8 Å². The van der Waals surface area contributed by atoms with Crippen LogP contribution in [-0.4, -0.2) is 44.0 Å². The molecular formula is C33H35ClN2O5. The van der Waals surface area contributed by atoms with Gasteiger partial charge >= 0.3 is 5.97 Å². The molecule has 0 radical (unpaired) electrons. The fraction of sp³-hybridized carbons (Fsp3) is 0.273. The molecule has 0 spiro atoms. The number of para-hydroxylation sites is 1. The molecule has 4 N–H and O–H groups in total. The lowest BCUT2D eigenvalue weighted by molar-refractivity contribution is -0.139. The summed E-state index contributed by atoms with van der Waals surface area (Å²) in [6.07, 6.45) is -2.34. The number of nitrogens with one attached hydrogen (secondary N) is 1. The molecule has 0 saturated carbocycles. The number of aliphatic hydroxyl groups is 2. The minimum Gasteiger partial charge on any atom is -0.481 e. The molecule has 0 aliphatic heterocycles. The van der Waals surface area contributed by atoms with Gasteiger partial charge in [-0.05, 0) is 54.2 Å². The molecule has 0 aliphatic carbocycles. The van der Waals surface area contributed by atoms with E-state index in [1.54, 1.807) is 12.1 Å². The lowest BCUT2D eigenvalue weighted by atomic mass is 9.94. The van der Waals surface area contributed by atoms with Crippen LogP contribution in [0.1, 0.15) is 55.1 Å². The topological polar surface area (TPSA) is 112 Å². The number of carbonyl (C=O) groups excluding carboxylic acids is 1. The van der Waals surface area contributed by atoms with Crippen LogP contribution in [0.15, 0.2) is 84.9 Å². The highest BCUT2D eigenvalue weighted by molar-refractivity contribution is 6.30. The largest absolute Gasteiger partial charge is 0.481 e. The molecule has 0 unspecified atom stereocenters. The second kappa shape index (κ2) is 13.6. The van der Waals surface area contributed by atoms with E-state index in [1.807, 2.05) is 86.6 Å². The molecule has 1 aromatic heterocycles. The first-order valence-electron chi connectivity index (χ1n) is 13.7. The van der Waals surface area contributed by atoms with Crippen molar-refractivity contribution in [2.75, 3.05) is 5.32 Å². The van der Waals surface area contributed by atoms with Crippen molar-refractivity contribution < 1.29 is 24.9 Å². The van der Waals surface area contributed by atoms with Gasteiger partial charge in [-0.25, -0.2) is 0 Å². The van der Waals surface area contributed by atoms with Crippen molar-refractivity contribution in [3.8, 4) is 22.4 Å². The maximum absolute atomic E-state index is 14.1. The molecule has 7 nitrogen and oxygen atoms in total. The van der Waals surface area contributed by atoms with Gasteiger partial charge in [-0.15, -0.1) is 0 Å². The third-order valence-electron chi connectivity index (χ3n) is 6.93. The molecule has 41 heavy (non-hydrogen) atoms. The highest BCUT2D eigenvalue weighted by Crippen LogP contribution is 2.43. The van der Waals surface area contributed by atoms with E-state index in [9.17, 15) is 19.8 Å². The Kier molecular flexibility index (Phi) is 10.00. The van der Waals surface area contributed by atoms with Gasteiger partial charge in [0, 0.05) is 28.5 Å². The number of carboxylic acids is 1. The third kappa shape index (κ3) is 7.44. The summed E-state index contributed by atoms with van der Waals surface area (Å²) in [4.78, 5) is 25.1. The Morgan fingerprint density at radius 1 is 0.854 bits per heavy atom. The summed E-state index contributed by atoms with van der Waals surface area (Å²) >= 11 is 6.24. The van der Waals surface area contributed by atoms with Crippen LogP contribution in [0, 0.1) is 0 Å². The molecule has 1 heterocycles. The Bertz CT molecular complexity index is 1470. The van der Waals surface area contributed by atoms with Crippen molar-refractivity contribution in [2.24, 2.45) is 0 Å². The number of rotatable bonds is 12. The summed E-state index contributed by atoms with van der Waals surface area (Å²) in [5.41, 5.74) is 5.33. The number of aliphatic hydroxyl groups excluding tert-OH is 2. The van der Waals surface area contributed by atoms with Gasteiger partial charge in [0.05, 0.1) is 29.9 Å². The van der Waals surface area contributed by atoms with Gasteiger partial charge in [-0.1, -0.05) is 86.1 Å². The Labute approximate surface area is 245 Å². The average Bonchev–Trinajstić information content (AvgIpc) is 3.28. The molecule has 1 amide bonds. The monoisotopic (exact) mass is 574 g/mol. The fourth-order valence-corrected chi connectivity index (χ4v) is 5.33.